The zero-order chi connectivity index (χ0) is 18.7. The standard InChI is InChI=1S/C18H22N6O2/c1-11-15(12(2)24-18(21-11)22-17(19)23-24)7-8-16(25)20-10-13-5-4-6-14(9-13)26-3/h4-6,9H,7-8,10H2,1-3H3,(H2,19,23)(H,20,25). The number of carbonyl (C=O) groups is 1. The number of hydrogen-bond acceptors (Lipinski definition) is 6. The quantitative estimate of drug-likeness (QED) is 0.696. The summed E-state index contributed by atoms with van der Waals surface area (Å²) in [5.41, 5.74) is 9.35. The number of fused-ring (bicyclic) bond motifs is 1. The van der Waals surface area contributed by atoms with Gasteiger partial charge in [-0.3, -0.25) is 4.79 Å². The third kappa shape index (κ3) is 3.74. The van der Waals surface area contributed by atoms with E-state index in [1.54, 1.807) is 11.6 Å². The van der Waals surface area contributed by atoms with E-state index in [0.29, 0.717) is 25.2 Å². The molecule has 0 saturated carbocycles. The number of nitrogens with two attached hydrogens (primary N) is 1. The summed E-state index contributed by atoms with van der Waals surface area (Å²) in [6, 6.07) is 7.63. The zero-order valence-electron chi connectivity index (χ0n) is 15.1. The van der Waals surface area contributed by atoms with Gasteiger partial charge in [0.25, 0.3) is 5.78 Å². The van der Waals surface area contributed by atoms with Crippen molar-refractivity contribution >= 4 is 17.6 Å². The third-order valence-electron chi connectivity index (χ3n) is 4.29. The highest BCUT2D eigenvalue weighted by molar-refractivity contribution is 5.76. The molecule has 0 aliphatic rings. The number of ether oxygens (including phenoxy) is 1. The van der Waals surface area contributed by atoms with Crippen molar-refractivity contribution in [2.24, 2.45) is 0 Å². The lowest BCUT2D eigenvalue weighted by Gasteiger charge is -2.11. The Labute approximate surface area is 151 Å². The maximum absolute atomic E-state index is 12.2. The van der Waals surface area contributed by atoms with Gasteiger partial charge in [-0.25, -0.2) is 4.98 Å². The molecule has 2 heterocycles. The van der Waals surface area contributed by atoms with E-state index in [-0.39, 0.29) is 11.9 Å². The van der Waals surface area contributed by atoms with Crippen LogP contribution in [0.4, 0.5) is 5.95 Å². The molecule has 0 bridgehead atoms. The zero-order valence-corrected chi connectivity index (χ0v) is 15.1. The molecule has 8 heteroatoms. The van der Waals surface area contributed by atoms with Crippen LogP contribution >= 0.6 is 0 Å². The van der Waals surface area contributed by atoms with E-state index < -0.39 is 0 Å². The predicted octanol–water partition coefficient (Wildman–Crippen LogP) is 1.58. The maximum atomic E-state index is 12.2. The number of rotatable bonds is 6. The van der Waals surface area contributed by atoms with Crippen LogP contribution < -0.4 is 15.8 Å². The first-order valence-corrected chi connectivity index (χ1v) is 8.36. The number of benzene rings is 1. The number of carbonyl (C=O) groups excluding carboxylic acids is 1. The largest absolute Gasteiger partial charge is 0.497 e. The molecule has 1 amide bonds. The second kappa shape index (κ2) is 7.38. The van der Waals surface area contributed by atoms with Crippen LogP contribution in [0.25, 0.3) is 5.78 Å². The van der Waals surface area contributed by atoms with E-state index in [0.717, 1.165) is 28.3 Å². The molecule has 0 unspecified atom stereocenters. The number of methoxy groups -OCH3 is 1. The Morgan fingerprint density at radius 3 is 2.88 bits per heavy atom. The van der Waals surface area contributed by atoms with Crippen molar-refractivity contribution in [1.82, 2.24) is 24.9 Å². The number of amides is 1. The number of aromatic nitrogens is 4. The molecule has 3 rings (SSSR count). The summed E-state index contributed by atoms with van der Waals surface area (Å²) in [5, 5.41) is 7.07. The second-order valence-electron chi connectivity index (χ2n) is 6.07. The van der Waals surface area contributed by atoms with Gasteiger partial charge in [0.15, 0.2) is 0 Å². The van der Waals surface area contributed by atoms with E-state index in [2.05, 4.69) is 20.4 Å². The van der Waals surface area contributed by atoms with E-state index in [4.69, 9.17) is 10.5 Å². The molecule has 136 valence electrons. The van der Waals surface area contributed by atoms with Gasteiger partial charge < -0.3 is 15.8 Å². The molecule has 0 fully saturated rings. The highest BCUT2D eigenvalue weighted by atomic mass is 16.5. The van der Waals surface area contributed by atoms with Gasteiger partial charge >= 0.3 is 0 Å². The first-order valence-electron chi connectivity index (χ1n) is 8.36. The summed E-state index contributed by atoms with van der Waals surface area (Å²) in [6.07, 6.45) is 0.938. The first kappa shape index (κ1) is 17.7. The van der Waals surface area contributed by atoms with Crippen molar-refractivity contribution in [3.05, 3.63) is 46.8 Å². The number of hydrogen-bond donors (Lipinski definition) is 2. The van der Waals surface area contributed by atoms with Gasteiger partial charge in [-0.15, -0.1) is 5.10 Å². The predicted molar refractivity (Wildman–Crippen MR) is 97.8 cm³/mol. The topological polar surface area (TPSA) is 107 Å². The van der Waals surface area contributed by atoms with Gasteiger partial charge in [0, 0.05) is 24.4 Å². The molecule has 0 saturated heterocycles. The van der Waals surface area contributed by atoms with Crippen LogP contribution in [0.1, 0.15) is 28.9 Å². The molecular weight excluding hydrogens is 332 g/mol. The minimum absolute atomic E-state index is 0.0233. The van der Waals surface area contributed by atoms with E-state index in [1.807, 2.05) is 38.1 Å². The summed E-state index contributed by atoms with van der Waals surface area (Å²) >= 11 is 0. The minimum atomic E-state index is -0.0233. The molecule has 0 spiro atoms. The molecule has 26 heavy (non-hydrogen) atoms. The molecule has 3 N–H and O–H groups in total. The fraction of sp³-hybridized carbons (Fsp3) is 0.333. The lowest BCUT2D eigenvalue weighted by molar-refractivity contribution is -0.121. The Hall–Kier alpha value is -3.16. The molecule has 0 radical (unpaired) electrons. The third-order valence-corrected chi connectivity index (χ3v) is 4.29. The normalized spacial score (nSPS) is 10.9. The molecule has 0 aliphatic heterocycles. The highest BCUT2D eigenvalue weighted by Crippen LogP contribution is 2.16. The van der Waals surface area contributed by atoms with E-state index >= 15 is 0 Å². The van der Waals surface area contributed by atoms with E-state index in [9.17, 15) is 4.79 Å². The molecule has 0 aliphatic carbocycles. The molecule has 1 aromatic carbocycles. The Bertz CT molecular complexity index is 950. The average molecular weight is 354 g/mol. The Kier molecular flexibility index (Phi) is 5.01. The minimum Gasteiger partial charge on any atom is -0.497 e. The van der Waals surface area contributed by atoms with E-state index in [1.165, 1.54) is 0 Å². The van der Waals surface area contributed by atoms with Crippen LogP contribution in [-0.2, 0) is 17.8 Å². The summed E-state index contributed by atoms with van der Waals surface area (Å²) < 4.78 is 6.81. The van der Waals surface area contributed by atoms with Crippen molar-refractivity contribution in [2.45, 2.75) is 33.2 Å². The number of nitrogens with zero attached hydrogens (tertiary/aromatic N) is 4. The average Bonchev–Trinajstić information content (AvgIpc) is 3.00. The van der Waals surface area contributed by atoms with Gasteiger partial charge in [-0.05, 0) is 43.5 Å². The Morgan fingerprint density at radius 2 is 2.12 bits per heavy atom. The van der Waals surface area contributed by atoms with Crippen molar-refractivity contribution in [2.75, 3.05) is 12.8 Å². The van der Waals surface area contributed by atoms with Crippen LogP contribution in [0, 0.1) is 13.8 Å². The van der Waals surface area contributed by atoms with Gasteiger partial charge in [0.2, 0.25) is 11.9 Å². The Morgan fingerprint density at radius 1 is 1.31 bits per heavy atom. The summed E-state index contributed by atoms with van der Waals surface area (Å²) in [4.78, 5) is 20.7. The fourth-order valence-corrected chi connectivity index (χ4v) is 2.90. The van der Waals surface area contributed by atoms with Crippen LogP contribution in [-0.4, -0.2) is 32.6 Å². The molecule has 8 nitrogen and oxygen atoms in total. The first-order chi connectivity index (χ1) is 12.5. The van der Waals surface area contributed by atoms with Gasteiger partial charge in [0.05, 0.1) is 7.11 Å². The van der Waals surface area contributed by atoms with Crippen LogP contribution in [0.2, 0.25) is 0 Å². The van der Waals surface area contributed by atoms with Crippen LogP contribution in [0.15, 0.2) is 24.3 Å². The molecule has 3 aromatic rings. The van der Waals surface area contributed by atoms with Crippen LogP contribution in [0.5, 0.6) is 5.75 Å². The van der Waals surface area contributed by atoms with Crippen molar-refractivity contribution < 1.29 is 9.53 Å². The van der Waals surface area contributed by atoms with Crippen molar-refractivity contribution in [3.63, 3.8) is 0 Å². The SMILES string of the molecule is COc1cccc(CNC(=O)CCc2c(C)nc3nc(N)nn3c2C)c1. The highest BCUT2D eigenvalue weighted by Gasteiger charge is 2.13. The Balaban J connectivity index is 1.63. The summed E-state index contributed by atoms with van der Waals surface area (Å²) in [5.74, 6) is 1.41. The van der Waals surface area contributed by atoms with Crippen LogP contribution in [0.3, 0.4) is 0 Å². The van der Waals surface area contributed by atoms with Crippen molar-refractivity contribution in [3.8, 4) is 5.75 Å². The summed E-state index contributed by atoms with van der Waals surface area (Å²) in [7, 11) is 1.62. The fourth-order valence-electron chi connectivity index (χ4n) is 2.90. The monoisotopic (exact) mass is 354 g/mol. The number of nitrogen functional groups attached to an aromatic ring is 1. The van der Waals surface area contributed by atoms with Gasteiger partial charge in [-0.1, -0.05) is 12.1 Å². The van der Waals surface area contributed by atoms with Crippen molar-refractivity contribution in [1.29, 1.82) is 0 Å². The lowest BCUT2D eigenvalue weighted by Crippen LogP contribution is -2.23. The lowest BCUT2D eigenvalue weighted by atomic mass is 10.1. The number of aryl methyl sites for hydroxylation is 2. The molecule has 2 aromatic heterocycles. The van der Waals surface area contributed by atoms with Gasteiger partial charge in [0.1, 0.15) is 5.75 Å². The number of nitrogens with one attached hydrogen (secondary N) is 1. The summed E-state index contributed by atoms with van der Waals surface area (Å²) in [6.45, 7) is 4.30. The number of anilines is 1. The van der Waals surface area contributed by atoms with Gasteiger partial charge in [-0.2, -0.15) is 9.50 Å². The maximum Gasteiger partial charge on any atom is 0.254 e. The molecular formula is C18H22N6O2. The molecule has 0 atom stereocenters. The smallest absolute Gasteiger partial charge is 0.254 e. The second-order valence-corrected chi connectivity index (χ2v) is 6.07.